The molecule has 2 heterocycles. The van der Waals surface area contributed by atoms with Crippen LogP contribution in [-0.2, 0) is 0 Å². The highest BCUT2D eigenvalue weighted by atomic mass is 32.2. The van der Waals surface area contributed by atoms with Crippen LogP contribution in [0.3, 0.4) is 0 Å². The third kappa shape index (κ3) is 2.27. The summed E-state index contributed by atoms with van der Waals surface area (Å²) in [4.78, 5) is 9.30. The molecule has 0 bridgehead atoms. The maximum Gasteiger partial charge on any atom is 0.116 e. The van der Waals surface area contributed by atoms with E-state index in [1.54, 1.807) is 12.4 Å². The van der Waals surface area contributed by atoms with Crippen LogP contribution in [0.2, 0.25) is 0 Å². The minimum Gasteiger partial charge on any atom is -0.250 e. The van der Waals surface area contributed by atoms with E-state index >= 15 is 0 Å². The molecular weight excluding hydrogens is 212 g/mol. The largest absolute Gasteiger partial charge is 0.250 e. The van der Waals surface area contributed by atoms with E-state index in [9.17, 15) is 0 Å². The van der Waals surface area contributed by atoms with Gasteiger partial charge in [0.1, 0.15) is 10.1 Å². The number of aromatic nitrogens is 2. The quantitative estimate of drug-likeness (QED) is 0.788. The fourth-order valence-corrected chi connectivity index (χ4v) is 1.99. The van der Waals surface area contributed by atoms with Gasteiger partial charge in [-0.1, -0.05) is 6.07 Å². The van der Waals surface area contributed by atoms with Crippen LogP contribution in [0.15, 0.2) is 57.7 Å². The summed E-state index contributed by atoms with van der Waals surface area (Å²) in [5.74, 6) is 0. The Morgan fingerprint density at radius 2 is 1.86 bits per heavy atom. The summed E-state index contributed by atoms with van der Waals surface area (Å²) in [6, 6.07) is 9.58. The molecule has 0 aromatic carbocycles. The van der Waals surface area contributed by atoms with Gasteiger partial charge in [-0.15, -0.1) is 12.6 Å². The van der Waals surface area contributed by atoms with Crippen molar-refractivity contribution < 1.29 is 0 Å². The first kappa shape index (κ1) is 9.55. The lowest BCUT2D eigenvalue weighted by atomic mass is 10.5. The molecule has 14 heavy (non-hydrogen) atoms. The first-order valence-electron chi connectivity index (χ1n) is 4.09. The van der Waals surface area contributed by atoms with Crippen molar-refractivity contribution in [1.82, 2.24) is 9.97 Å². The van der Waals surface area contributed by atoms with Crippen molar-refractivity contribution in [3.63, 3.8) is 0 Å². The Hall–Kier alpha value is -1.00. The number of thiol groups is 1. The molecule has 0 N–H and O–H groups in total. The Morgan fingerprint density at radius 1 is 1.00 bits per heavy atom. The van der Waals surface area contributed by atoms with E-state index in [2.05, 4.69) is 22.6 Å². The summed E-state index contributed by atoms with van der Waals surface area (Å²) in [6.07, 6.45) is 3.52. The molecule has 0 aliphatic rings. The lowest BCUT2D eigenvalue weighted by Gasteiger charge is -2.01. The average Bonchev–Trinajstić information content (AvgIpc) is 2.23. The fourth-order valence-electron chi connectivity index (χ4n) is 0.967. The molecular formula is C10H8N2S2. The van der Waals surface area contributed by atoms with E-state index in [1.165, 1.54) is 11.8 Å². The standard InChI is InChI=1S/C10H8N2S2/c13-8-4-3-7-12-10(8)14-9-5-1-2-6-11-9/h1-7,13H. The van der Waals surface area contributed by atoms with Gasteiger partial charge in [-0.3, -0.25) is 0 Å². The Bertz CT molecular complexity index is 417. The zero-order valence-corrected chi connectivity index (χ0v) is 9.00. The second-order valence-corrected chi connectivity index (χ2v) is 4.09. The smallest absolute Gasteiger partial charge is 0.116 e. The maximum atomic E-state index is 4.32. The SMILES string of the molecule is Sc1cccnc1Sc1ccccn1. The van der Waals surface area contributed by atoms with Gasteiger partial charge in [0.25, 0.3) is 0 Å². The molecule has 2 nitrogen and oxygen atoms in total. The van der Waals surface area contributed by atoms with Gasteiger partial charge in [-0.05, 0) is 36.0 Å². The molecule has 2 rings (SSSR count). The van der Waals surface area contributed by atoms with Crippen molar-refractivity contribution >= 4 is 24.4 Å². The summed E-state index contributed by atoms with van der Waals surface area (Å²) in [6.45, 7) is 0. The first-order valence-corrected chi connectivity index (χ1v) is 5.35. The van der Waals surface area contributed by atoms with Crippen molar-refractivity contribution in [3.8, 4) is 0 Å². The molecule has 0 radical (unpaired) electrons. The Labute approximate surface area is 92.2 Å². The Kier molecular flexibility index (Phi) is 3.06. The van der Waals surface area contributed by atoms with Gasteiger partial charge in [0.2, 0.25) is 0 Å². The second kappa shape index (κ2) is 4.48. The normalized spacial score (nSPS) is 10.1. The van der Waals surface area contributed by atoms with Crippen LogP contribution < -0.4 is 0 Å². The first-order chi connectivity index (χ1) is 6.86. The summed E-state index contributed by atoms with van der Waals surface area (Å²) in [7, 11) is 0. The predicted molar refractivity (Wildman–Crippen MR) is 59.8 cm³/mol. The van der Waals surface area contributed by atoms with Crippen LogP contribution in [0.5, 0.6) is 0 Å². The van der Waals surface area contributed by atoms with Crippen molar-refractivity contribution in [3.05, 3.63) is 42.7 Å². The third-order valence-electron chi connectivity index (χ3n) is 1.59. The minimum absolute atomic E-state index is 0.878. The van der Waals surface area contributed by atoms with E-state index < -0.39 is 0 Å². The van der Waals surface area contributed by atoms with Gasteiger partial charge in [0.05, 0.1) is 0 Å². The molecule has 0 aliphatic carbocycles. The van der Waals surface area contributed by atoms with Crippen molar-refractivity contribution in [2.24, 2.45) is 0 Å². The zero-order chi connectivity index (χ0) is 9.80. The monoisotopic (exact) mass is 220 g/mol. The van der Waals surface area contributed by atoms with Gasteiger partial charge in [-0.2, -0.15) is 0 Å². The van der Waals surface area contributed by atoms with E-state index in [1.807, 2.05) is 30.3 Å². The number of rotatable bonds is 2. The van der Waals surface area contributed by atoms with Crippen molar-refractivity contribution in [2.45, 2.75) is 14.9 Å². The Morgan fingerprint density at radius 3 is 2.57 bits per heavy atom. The van der Waals surface area contributed by atoms with Crippen LogP contribution in [0, 0.1) is 0 Å². The van der Waals surface area contributed by atoms with Gasteiger partial charge in [-0.25, -0.2) is 9.97 Å². The molecule has 0 saturated heterocycles. The van der Waals surface area contributed by atoms with E-state index in [0.29, 0.717) is 0 Å². The molecule has 2 aromatic heterocycles. The van der Waals surface area contributed by atoms with Crippen LogP contribution in [0.1, 0.15) is 0 Å². The van der Waals surface area contributed by atoms with E-state index in [-0.39, 0.29) is 0 Å². The molecule has 0 amide bonds. The van der Waals surface area contributed by atoms with Crippen LogP contribution >= 0.6 is 24.4 Å². The topological polar surface area (TPSA) is 25.8 Å². The van der Waals surface area contributed by atoms with Crippen LogP contribution in [0.25, 0.3) is 0 Å². The molecule has 0 spiro atoms. The summed E-state index contributed by atoms with van der Waals surface area (Å²) in [5.41, 5.74) is 0. The predicted octanol–water partition coefficient (Wildman–Crippen LogP) is 2.92. The Balaban J connectivity index is 2.24. The number of pyridine rings is 2. The average molecular weight is 220 g/mol. The lowest BCUT2D eigenvalue weighted by Crippen LogP contribution is -1.82. The van der Waals surface area contributed by atoms with Crippen molar-refractivity contribution in [1.29, 1.82) is 0 Å². The second-order valence-electron chi connectivity index (χ2n) is 2.60. The highest BCUT2D eigenvalue weighted by Gasteiger charge is 2.02. The summed E-state index contributed by atoms with van der Waals surface area (Å²) in [5, 5.41) is 1.82. The molecule has 4 heteroatoms. The van der Waals surface area contributed by atoms with Gasteiger partial charge in [0, 0.05) is 17.3 Å². The molecule has 0 saturated carbocycles. The molecule has 2 aromatic rings. The number of hydrogen-bond donors (Lipinski definition) is 1. The van der Waals surface area contributed by atoms with Gasteiger partial charge in [0.15, 0.2) is 0 Å². The number of hydrogen-bond acceptors (Lipinski definition) is 4. The third-order valence-corrected chi connectivity index (χ3v) is 3.07. The highest BCUT2D eigenvalue weighted by Crippen LogP contribution is 2.28. The lowest BCUT2D eigenvalue weighted by molar-refractivity contribution is 1.02. The molecule has 0 unspecified atom stereocenters. The van der Waals surface area contributed by atoms with E-state index in [0.717, 1.165) is 14.9 Å². The summed E-state index contributed by atoms with van der Waals surface area (Å²) >= 11 is 5.83. The van der Waals surface area contributed by atoms with E-state index in [4.69, 9.17) is 0 Å². The molecule has 0 fully saturated rings. The zero-order valence-electron chi connectivity index (χ0n) is 7.29. The summed E-state index contributed by atoms with van der Waals surface area (Å²) < 4.78 is 0. The number of nitrogens with zero attached hydrogens (tertiary/aromatic N) is 2. The highest BCUT2D eigenvalue weighted by molar-refractivity contribution is 7.99. The molecule has 0 atom stereocenters. The van der Waals surface area contributed by atoms with Gasteiger partial charge < -0.3 is 0 Å². The molecule has 70 valence electrons. The molecule has 0 aliphatic heterocycles. The maximum absolute atomic E-state index is 4.32. The van der Waals surface area contributed by atoms with Crippen LogP contribution in [-0.4, -0.2) is 9.97 Å². The van der Waals surface area contributed by atoms with Crippen molar-refractivity contribution in [2.75, 3.05) is 0 Å². The minimum atomic E-state index is 0.878. The fraction of sp³-hybridized carbons (Fsp3) is 0. The van der Waals surface area contributed by atoms with Gasteiger partial charge >= 0.3 is 0 Å². The van der Waals surface area contributed by atoms with Crippen LogP contribution in [0.4, 0.5) is 0 Å².